The Morgan fingerprint density at radius 1 is 0.884 bits per heavy atom. The fourth-order valence-corrected chi connectivity index (χ4v) is 5.88. The molecular weight excluding hydrogens is 532 g/mol. The molecule has 0 saturated heterocycles. The first-order valence-corrected chi connectivity index (χ1v) is 14.6. The number of carbonyl (C=O) groups is 2. The number of anilines is 2. The lowest BCUT2D eigenvalue weighted by molar-refractivity contribution is -0.117. The SMILES string of the molecule is CC(c1ccc(-c2ccccc2C(N)=O)cc1)N(Cc1ccccc1)c1ccc2c(c1)CCN2C(=O)Cc1ccccn1. The van der Waals surface area contributed by atoms with Crippen molar-refractivity contribution in [2.24, 2.45) is 5.73 Å². The van der Waals surface area contributed by atoms with Crippen LogP contribution in [0, 0.1) is 0 Å². The van der Waals surface area contributed by atoms with E-state index in [4.69, 9.17) is 5.73 Å². The highest BCUT2D eigenvalue weighted by Gasteiger charge is 2.27. The lowest BCUT2D eigenvalue weighted by Crippen LogP contribution is -2.30. The summed E-state index contributed by atoms with van der Waals surface area (Å²) in [5.41, 5.74) is 14.4. The van der Waals surface area contributed by atoms with Crippen LogP contribution in [0.5, 0.6) is 0 Å². The van der Waals surface area contributed by atoms with Gasteiger partial charge < -0.3 is 15.5 Å². The number of nitrogens with zero attached hydrogens (tertiary/aromatic N) is 3. The van der Waals surface area contributed by atoms with Crippen LogP contribution in [0.25, 0.3) is 11.1 Å². The van der Waals surface area contributed by atoms with Crippen LogP contribution in [-0.4, -0.2) is 23.3 Å². The van der Waals surface area contributed by atoms with Gasteiger partial charge in [0.15, 0.2) is 0 Å². The van der Waals surface area contributed by atoms with E-state index < -0.39 is 5.91 Å². The smallest absolute Gasteiger partial charge is 0.249 e. The van der Waals surface area contributed by atoms with E-state index in [2.05, 4.69) is 83.5 Å². The van der Waals surface area contributed by atoms with Crippen molar-refractivity contribution < 1.29 is 9.59 Å². The number of fused-ring (bicyclic) bond motifs is 1. The van der Waals surface area contributed by atoms with Crippen molar-refractivity contribution in [1.29, 1.82) is 0 Å². The molecule has 2 N–H and O–H groups in total. The molecule has 2 heterocycles. The monoisotopic (exact) mass is 566 g/mol. The Morgan fingerprint density at radius 2 is 1.63 bits per heavy atom. The molecule has 0 bridgehead atoms. The molecule has 6 heteroatoms. The highest BCUT2D eigenvalue weighted by atomic mass is 16.2. The third kappa shape index (κ3) is 6.04. The number of amides is 2. The summed E-state index contributed by atoms with van der Waals surface area (Å²) in [5, 5.41) is 0. The van der Waals surface area contributed by atoms with Crippen LogP contribution in [0.1, 0.15) is 45.7 Å². The number of benzene rings is 4. The summed E-state index contributed by atoms with van der Waals surface area (Å²) in [6.07, 6.45) is 2.83. The predicted octanol–water partition coefficient (Wildman–Crippen LogP) is 6.75. The van der Waals surface area contributed by atoms with Gasteiger partial charge in [-0.3, -0.25) is 14.6 Å². The molecule has 0 saturated carbocycles. The molecule has 5 aromatic rings. The number of nitrogens with two attached hydrogens (primary N) is 1. The van der Waals surface area contributed by atoms with E-state index in [0.717, 1.165) is 46.7 Å². The zero-order chi connectivity index (χ0) is 29.8. The maximum absolute atomic E-state index is 13.2. The van der Waals surface area contributed by atoms with Crippen LogP contribution < -0.4 is 15.5 Å². The Hall–Kier alpha value is -5.23. The van der Waals surface area contributed by atoms with E-state index >= 15 is 0 Å². The number of hydrogen-bond donors (Lipinski definition) is 1. The van der Waals surface area contributed by atoms with Gasteiger partial charge >= 0.3 is 0 Å². The van der Waals surface area contributed by atoms with Crippen LogP contribution in [0.3, 0.4) is 0 Å². The zero-order valence-corrected chi connectivity index (χ0v) is 24.2. The fraction of sp³-hybridized carbons (Fsp3) is 0.162. The van der Waals surface area contributed by atoms with Crippen LogP contribution in [0.15, 0.2) is 121 Å². The summed E-state index contributed by atoms with van der Waals surface area (Å²) in [7, 11) is 0. The Bertz CT molecular complexity index is 1740. The van der Waals surface area contributed by atoms with Gasteiger partial charge in [-0.15, -0.1) is 0 Å². The first-order chi connectivity index (χ1) is 21.0. The summed E-state index contributed by atoms with van der Waals surface area (Å²) in [6, 6.07) is 38.4. The van der Waals surface area contributed by atoms with Gasteiger partial charge in [0, 0.05) is 41.9 Å². The van der Waals surface area contributed by atoms with Gasteiger partial charge in [0.1, 0.15) is 0 Å². The normalized spacial score (nSPS) is 12.9. The first kappa shape index (κ1) is 27.9. The molecule has 6 nitrogen and oxygen atoms in total. The molecule has 1 aliphatic rings. The van der Waals surface area contributed by atoms with E-state index in [-0.39, 0.29) is 11.9 Å². The largest absolute Gasteiger partial charge is 0.366 e. The maximum Gasteiger partial charge on any atom is 0.249 e. The average Bonchev–Trinajstić information content (AvgIpc) is 3.48. The molecule has 1 unspecified atom stereocenters. The molecule has 4 aromatic carbocycles. The summed E-state index contributed by atoms with van der Waals surface area (Å²) < 4.78 is 0. The topological polar surface area (TPSA) is 79.5 Å². The highest BCUT2D eigenvalue weighted by Crippen LogP contribution is 2.36. The van der Waals surface area contributed by atoms with Crippen LogP contribution in [0.2, 0.25) is 0 Å². The third-order valence-electron chi connectivity index (χ3n) is 8.21. The second kappa shape index (κ2) is 12.3. The molecule has 43 heavy (non-hydrogen) atoms. The first-order valence-electron chi connectivity index (χ1n) is 14.6. The molecular formula is C37H34N4O2. The van der Waals surface area contributed by atoms with E-state index in [1.807, 2.05) is 47.4 Å². The Morgan fingerprint density at radius 3 is 2.37 bits per heavy atom. The molecule has 214 valence electrons. The van der Waals surface area contributed by atoms with Crippen LogP contribution in [0.4, 0.5) is 11.4 Å². The van der Waals surface area contributed by atoms with Crippen molar-refractivity contribution >= 4 is 23.2 Å². The Kier molecular flexibility index (Phi) is 8.01. The van der Waals surface area contributed by atoms with Crippen molar-refractivity contribution in [2.75, 3.05) is 16.3 Å². The van der Waals surface area contributed by atoms with Crippen molar-refractivity contribution in [3.63, 3.8) is 0 Å². The molecule has 0 radical (unpaired) electrons. The molecule has 0 aliphatic carbocycles. The van der Waals surface area contributed by atoms with Crippen LogP contribution >= 0.6 is 0 Å². The number of primary amides is 1. The van der Waals surface area contributed by atoms with Gasteiger partial charge in [-0.25, -0.2) is 0 Å². The van der Waals surface area contributed by atoms with Gasteiger partial charge in [-0.2, -0.15) is 0 Å². The highest BCUT2D eigenvalue weighted by molar-refractivity contribution is 6.00. The quantitative estimate of drug-likeness (QED) is 0.214. The number of carbonyl (C=O) groups excluding carboxylic acids is 2. The van der Waals surface area contributed by atoms with Gasteiger partial charge in [-0.05, 0) is 77.6 Å². The van der Waals surface area contributed by atoms with Gasteiger partial charge in [0.2, 0.25) is 11.8 Å². The predicted molar refractivity (Wildman–Crippen MR) is 172 cm³/mol. The molecule has 1 atom stereocenters. The maximum atomic E-state index is 13.2. The molecule has 2 amide bonds. The summed E-state index contributed by atoms with van der Waals surface area (Å²) in [4.78, 5) is 33.8. The van der Waals surface area contributed by atoms with Crippen molar-refractivity contribution in [3.8, 4) is 11.1 Å². The number of hydrogen-bond acceptors (Lipinski definition) is 4. The Balaban J connectivity index is 1.28. The number of rotatable bonds is 9. The zero-order valence-electron chi connectivity index (χ0n) is 24.2. The van der Waals surface area contributed by atoms with Gasteiger partial charge in [0.25, 0.3) is 0 Å². The third-order valence-corrected chi connectivity index (χ3v) is 8.21. The average molecular weight is 567 g/mol. The summed E-state index contributed by atoms with van der Waals surface area (Å²) >= 11 is 0. The lowest BCUT2D eigenvalue weighted by Gasteiger charge is -2.33. The molecule has 1 aromatic heterocycles. The fourth-order valence-electron chi connectivity index (χ4n) is 5.88. The standard InChI is InChI=1S/C37H34N4O2/c1-26(28-14-16-29(17-15-28)33-12-5-6-13-34(33)37(38)43)41(25-27-9-3-2-4-10-27)32-18-19-35-30(23-32)20-22-40(35)36(42)24-31-11-7-8-21-39-31/h2-19,21,23,26H,20,22,24-25H2,1H3,(H2,38,43). The summed E-state index contributed by atoms with van der Waals surface area (Å²) in [6.45, 7) is 3.62. The van der Waals surface area contributed by atoms with Crippen molar-refractivity contribution in [1.82, 2.24) is 4.98 Å². The van der Waals surface area contributed by atoms with E-state index in [9.17, 15) is 9.59 Å². The van der Waals surface area contributed by atoms with Crippen molar-refractivity contribution in [2.45, 2.75) is 32.4 Å². The molecule has 6 rings (SSSR count). The van der Waals surface area contributed by atoms with Gasteiger partial charge in [-0.1, -0.05) is 78.9 Å². The number of pyridine rings is 1. The number of aromatic nitrogens is 1. The van der Waals surface area contributed by atoms with E-state index in [0.29, 0.717) is 18.5 Å². The minimum absolute atomic E-state index is 0.0574. The second-order valence-corrected chi connectivity index (χ2v) is 10.9. The van der Waals surface area contributed by atoms with Gasteiger partial charge in [0.05, 0.1) is 12.5 Å². The summed E-state index contributed by atoms with van der Waals surface area (Å²) in [5.74, 6) is -0.367. The molecule has 0 fully saturated rings. The minimum atomic E-state index is -0.435. The Labute approximate surface area is 252 Å². The van der Waals surface area contributed by atoms with E-state index in [1.165, 1.54) is 11.1 Å². The molecule has 1 aliphatic heterocycles. The van der Waals surface area contributed by atoms with E-state index in [1.54, 1.807) is 12.3 Å². The second-order valence-electron chi connectivity index (χ2n) is 10.9. The molecule has 0 spiro atoms. The lowest BCUT2D eigenvalue weighted by atomic mass is 9.96. The van der Waals surface area contributed by atoms with Crippen LogP contribution in [-0.2, 0) is 24.2 Å². The van der Waals surface area contributed by atoms with Crippen molar-refractivity contribution in [3.05, 3.63) is 149 Å². The minimum Gasteiger partial charge on any atom is -0.366 e.